The van der Waals surface area contributed by atoms with Gasteiger partial charge in [0.1, 0.15) is 0 Å². The molecule has 3 N–H and O–H groups in total. The summed E-state index contributed by atoms with van der Waals surface area (Å²) in [5.41, 5.74) is 8.71. The van der Waals surface area contributed by atoms with Gasteiger partial charge in [0.05, 0.1) is 0 Å². The molecule has 0 aromatic heterocycles. The molecule has 1 saturated carbocycles. The van der Waals surface area contributed by atoms with Crippen LogP contribution in [0.2, 0.25) is 0 Å². The molecule has 0 atom stereocenters. The monoisotopic (exact) mass is 197 g/mol. The van der Waals surface area contributed by atoms with Gasteiger partial charge in [-0.15, -0.1) is 0 Å². The Bertz CT molecular complexity index is 246. The van der Waals surface area contributed by atoms with Gasteiger partial charge in [0.25, 0.3) is 0 Å². The Morgan fingerprint density at radius 1 is 1.43 bits per heavy atom. The van der Waals surface area contributed by atoms with Crippen molar-refractivity contribution < 1.29 is 4.79 Å². The van der Waals surface area contributed by atoms with E-state index < -0.39 is 6.03 Å². The molecule has 0 aliphatic heterocycles. The van der Waals surface area contributed by atoms with Crippen LogP contribution in [-0.4, -0.2) is 11.7 Å². The lowest BCUT2D eigenvalue weighted by molar-refractivity contribution is 0.249. The number of hydrazone groups is 1. The molecular formula is C10H19N3O. The van der Waals surface area contributed by atoms with Crippen LogP contribution in [-0.2, 0) is 0 Å². The fraction of sp³-hybridized carbons (Fsp3) is 0.800. The SMILES string of the molecule is CC1(C)CCCC(=NNC(N)=O)CC1. The van der Waals surface area contributed by atoms with E-state index in [1.165, 1.54) is 6.42 Å². The molecule has 1 aliphatic rings. The van der Waals surface area contributed by atoms with E-state index >= 15 is 0 Å². The molecule has 0 spiro atoms. The maximum atomic E-state index is 10.5. The quantitative estimate of drug-likeness (QED) is 0.490. The molecule has 1 aliphatic carbocycles. The molecule has 0 unspecified atom stereocenters. The summed E-state index contributed by atoms with van der Waals surface area (Å²) < 4.78 is 0. The second-order valence-electron chi connectivity index (χ2n) is 4.67. The van der Waals surface area contributed by atoms with E-state index in [9.17, 15) is 4.79 Å². The highest BCUT2D eigenvalue weighted by Crippen LogP contribution is 2.32. The molecule has 14 heavy (non-hydrogen) atoms. The van der Waals surface area contributed by atoms with Crippen molar-refractivity contribution in [2.75, 3.05) is 0 Å². The Morgan fingerprint density at radius 2 is 2.14 bits per heavy atom. The number of urea groups is 1. The fourth-order valence-electron chi connectivity index (χ4n) is 1.75. The van der Waals surface area contributed by atoms with Gasteiger partial charge in [-0.2, -0.15) is 5.10 Å². The first kappa shape index (κ1) is 11.0. The van der Waals surface area contributed by atoms with Crippen LogP contribution in [0.25, 0.3) is 0 Å². The number of nitrogens with one attached hydrogen (secondary N) is 1. The number of primary amides is 1. The van der Waals surface area contributed by atoms with Crippen molar-refractivity contribution in [2.45, 2.75) is 46.0 Å². The molecule has 4 nitrogen and oxygen atoms in total. The maximum Gasteiger partial charge on any atom is 0.332 e. The highest BCUT2D eigenvalue weighted by Gasteiger charge is 2.21. The van der Waals surface area contributed by atoms with Crippen molar-refractivity contribution in [1.29, 1.82) is 0 Å². The second-order valence-corrected chi connectivity index (χ2v) is 4.67. The average Bonchev–Trinajstić information content (AvgIpc) is 2.23. The van der Waals surface area contributed by atoms with Gasteiger partial charge in [-0.25, -0.2) is 10.2 Å². The minimum absolute atomic E-state index is 0.407. The molecule has 1 fully saturated rings. The highest BCUT2D eigenvalue weighted by molar-refractivity contribution is 5.86. The van der Waals surface area contributed by atoms with E-state index in [-0.39, 0.29) is 0 Å². The molecule has 0 saturated heterocycles. The highest BCUT2D eigenvalue weighted by atomic mass is 16.2. The number of amides is 2. The molecule has 0 aromatic carbocycles. The van der Waals surface area contributed by atoms with E-state index in [1.807, 2.05) is 0 Å². The number of rotatable bonds is 1. The third-order valence-electron chi connectivity index (χ3n) is 2.73. The van der Waals surface area contributed by atoms with Crippen molar-refractivity contribution in [2.24, 2.45) is 16.3 Å². The van der Waals surface area contributed by atoms with E-state index in [0.717, 1.165) is 31.4 Å². The summed E-state index contributed by atoms with van der Waals surface area (Å²) in [6, 6.07) is -0.582. The lowest BCUT2D eigenvalue weighted by atomic mass is 9.85. The van der Waals surface area contributed by atoms with Gasteiger partial charge in [-0.05, 0) is 37.5 Å². The predicted molar refractivity (Wildman–Crippen MR) is 57.0 cm³/mol. The molecular weight excluding hydrogens is 178 g/mol. The Labute approximate surface area is 84.9 Å². The van der Waals surface area contributed by atoms with Crippen LogP contribution in [0.1, 0.15) is 46.0 Å². The number of carbonyl (C=O) groups excluding carboxylic acids is 1. The summed E-state index contributed by atoms with van der Waals surface area (Å²) >= 11 is 0. The molecule has 2 amide bonds. The van der Waals surface area contributed by atoms with Crippen LogP contribution < -0.4 is 11.2 Å². The van der Waals surface area contributed by atoms with Crippen LogP contribution in [0.15, 0.2) is 5.10 Å². The third-order valence-corrected chi connectivity index (χ3v) is 2.73. The summed E-state index contributed by atoms with van der Waals surface area (Å²) in [4.78, 5) is 10.5. The molecule has 4 heteroatoms. The number of nitrogens with zero attached hydrogens (tertiary/aromatic N) is 1. The van der Waals surface area contributed by atoms with Gasteiger partial charge in [-0.1, -0.05) is 13.8 Å². The summed E-state index contributed by atoms with van der Waals surface area (Å²) in [7, 11) is 0. The van der Waals surface area contributed by atoms with E-state index in [1.54, 1.807) is 0 Å². The number of hydrogen-bond donors (Lipinski definition) is 2. The molecule has 80 valence electrons. The van der Waals surface area contributed by atoms with Crippen molar-refractivity contribution in [3.8, 4) is 0 Å². The summed E-state index contributed by atoms with van der Waals surface area (Å²) in [6.45, 7) is 4.55. The van der Waals surface area contributed by atoms with Crippen LogP contribution in [0.4, 0.5) is 4.79 Å². The van der Waals surface area contributed by atoms with Gasteiger partial charge in [0.2, 0.25) is 0 Å². The van der Waals surface area contributed by atoms with Crippen LogP contribution in [0.3, 0.4) is 0 Å². The Kier molecular flexibility index (Phi) is 3.49. The van der Waals surface area contributed by atoms with Gasteiger partial charge >= 0.3 is 6.03 Å². The summed E-state index contributed by atoms with van der Waals surface area (Å²) in [5, 5.41) is 4.00. The lowest BCUT2D eigenvalue weighted by Crippen LogP contribution is -2.25. The smallest absolute Gasteiger partial charge is 0.332 e. The third kappa shape index (κ3) is 3.77. The van der Waals surface area contributed by atoms with Gasteiger partial charge < -0.3 is 5.73 Å². The lowest BCUT2D eigenvalue weighted by Gasteiger charge is -2.20. The van der Waals surface area contributed by atoms with Crippen LogP contribution >= 0.6 is 0 Å². The van der Waals surface area contributed by atoms with Gasteiger partial charge in [0.15, 0.2) is 0 Å². The molecule has 0 aromatic rings. The Balaban J connectivity index is 2.49. The molecule has 0 heterocycles. The predicted octanol–water partition coefficient (Wildman–Crippen LogP) is 2.00. The molecule has 0 radical (unpaired) electrons. The van der Waals surface area contributed by atoms with Gasteiger partial charge in [0, 0.05) is 5.71 Å². The van der Waals surface area contributed by atoms with E-state index in [4.69, 9.17) is 5.73 Å². The first-order valence-corrected chi connectivity index (χ1v) is 5.10. The molecule has 0 bridgehead atoms. The van der Waals surface area contributed by atoms with Crippen LogP contribution in [0, 0.1) is 5.41 Å². The zero-order chi connectivity index (χ0) is 10.6. The summed E-state index contributed by atoms with van der Waals surface area (Å²) in [5.74, 6) is 0. The first-order valence-electron chi connectivity index (χ1n) is 5.10. The number of hydrogen-bond acceptors (Lipinski definition) is 2. The zero-order valence-electron chi connectivity index (χ0n) is 8.97. The Hall–Kier alpha value is -1.06. The summed E-state index contributed by atoms with van der Waals surface area (Å²) in [6.07, 6.45) is 5.44. The van der Waals surface area contributed by atoms with Crippen molar-refractivity contribution >= 4 is 11.7 Å². The maximum absolute atomic E-state index is 10.5. The van der Waals surface area contributed by atoms with E-state index in [2.05, 4.69) is 24.4 Å². The number of carbonyl (C=O) groups is 1. The average molecular weight is 197 g/mol. The van der Waals surface area contributed by atoms with Crippen LogP contribution in [0.5, 0.6) is 0 Å². The largest absolute Gasteiger partial charge is 0.350 e. The fourth-order valence-corrected chi connectivity index (χ4v) is 1.75. The molecule has 1 rings (SSSR count). The van der Waals surface area contributed by atoms with Crippen molar-refractivity contribution in [3.63, 3.8) is 0 Å². The minimum Gasteiger partial charge on any atom is -0.350 e. The number of nitrogens with two attached hydrogens (primary N) is 1. The minimum atomic E-state index is -0.582. The first-order chi connectivity index (χ1) is 6.49. The standard InChI is InChI=1S/C10H19N3O/c1-10(2)6-3-4-8(5-7-10)12-13-9(11)14/h3-7H2,1-2H3,(H3,11,13,14). The van der Waals surface area contributed by atoms with Crippen molar-refractivity contribution in [1.82, 2.24) is 5.43 Å². The Morgan fingerprint density at radius 3 is 2.79 bits per heavy atom. The van der Waals surface area contributed by atoms with Crippen molar-refractivity contribution in [3.05, 3.63) is 0 Å². The van der Waals surface area contributed by atoms with Gasteiger partial charge in [-0.3, -0.25) is 0 Å². The second kappa shape index (κ2) is 4.44. The normalized spacial score (nSPS) is 24.3. The zero-order valence-corrected chi connectivity index (χ0v) is 8.97. The topological polar surface area (TPSA) is 67.5 Å². The van der Waals surface area contributed by atoms with E-state index in [0.29, 0.717) is 5.41 Å².